The number of ether oxygens (including phenoxy) is 4. The number of aliphatic carboxylic acids is 1. The molecule has 418 valence electrons. The number of likely N-dealkylation sites (N-methyl/N-ethyl adjacent to an activating group) is 1. The van der Waals surface area contributed by atoms with Crippen LogP contribution in [0.15, 0.2) is 24.3 Å². The van der Waals surface area contributed by atoms with E-state index in [1.807, 2.05) is 21.1 Å². The lowest BCUT2D eigenvalue weighted by Gasteiger charge is -2.26. The van der Waals surface area contributed by atoms with Gasteiger partial charge in [0.1, 0.15) is 13.2 Å². The fourth-order valence-corrected chi connectivity index (χ4v) is 8.98. The van der Waals surface area contributed by atoms with Crippen LogP contribution < -0.4 is 5.11 Å². The molecule has 0 aliphatic heterocycles. The van der Waals surface area contributed by atoms with Crippen LogP contribution in [0, 0.1) is 0 Å². The number of nitrogens with zero attached hydrogens (tertiary/aromatic N) is 1. The Morgan fingerprint density at radius 2 is 0.761 bits per heavy atom. The zero-order valence-corrected chi connectivity index (χ0v) is 47.6. The van der Waals surface area contributed by atoms with E-state index in [2.05, 4.69) is 38.2 Å². The molecule has 0 aliphatic rings. The van der Waals surface area contributed by atoms with Crippen LogP contribution in [0.3, 0.4) is 0 Å². The Kier molecular flexibility index (Phi) is 52.3. The molecule has 2 atom stereocenters. The number of rotatable bonds is 57. The Balaban J connectivity index is 4.19. The first-order valence-corrected chi connectivity index (χ1v) is 30.5. The van der Waals surface area contributed by atoms with Crippen molar-refractivity contribution in [2.45, 2.75) is 309 Å². The smallest absolute Gasteiger partial charge is 0.306 e. The van der Waals surface area contributed by atoms with Crippen molar-refractivity contribution in [2.24, 2.45) is 0 Å². The van der Waals surface area contributed by atoms with Crippen molar-refractivity contribution < 1.29 is 42.9 Å². The highest BCUT2D eigenvalue weighted by molar-refractivity contribution is 5.70. The first-order chi connectivity index (χ1) is 34.6. The molecule has 2 unspecified atom stereocenters. The maximum absolute atomic E-state index is 12.9. The number of esters is 2. The number of carbonyl (C=O) groups is 3. The topological polar surface area (TPSA) is 111 Å². The van der Waals surface area contributed by atoms with E-state index in [0.717, 1.165) is 44.9 Å². The number of carboxylic acids is 1. The van der Waals surface area contributed by atoms with Crippen molar-refractivity contribution in [3.63, 3.8) is 0 Å². The predicted molar refractivity (Wildman–Crippen MR) is 297 cm³/mol. The van der Waals surface area contributed by atoms with Gasteiger partial charge in [0.25, 0.3) is 0 Å². The molecule has 0 rings (SSSR count). The zero-order valence-electron chi connectivity index (χ0n) is 47.6. The summed E-state index contributed by atoms with van der Waals surface area (Å²) >= 11 is 0. The lowest BCUT2D eigenvalue weighted by Crippen LogP contribution is -2.44. The molecule has 0 aromatic carbocycles. The predicted octanol–water partition coefficient (Wildman–Crippen LogP) is 16.6. The van der Waals surface area contributed by atoms with E-state index in [0.29, 0.717) is 23.9 Å². The molecule has 0 saturated carbocycles. The van der Waals surface area contributed by atoms with Crippen molar-refractivity contribution >= 4 is 17.9 Å². The van der Waals surface area contributed by atoms with Crippen molar-refractivity contribution in [1.29, 1.82) is 0 Å². The lowest BCUT2D eigenvalue weighted by atomic mass is 10.0. The third-order valence-corrected chi connectivity index (χ3v) is 13.7. The third-order valence-electron chi connectivity index (χ3n) is 13.7. The van der Waals surface area contributed by atoms with Crippen molar-refractivity contribution in [3.05, 3.63) is 24.3 Å². The minimum absolute atomic E-state index is 0.150. The fraction of sp³-hybridized carbons (Fsp3) is 0.887. The zero-order chi connectivity index (χ0) is 52.0. The van der Waals surface area contributed by atoms with Crippen molar-refractivity contribution in [1.82, 2.24) is 0 Å². The van der Waals surface area contributed by atoms with E-state index in [1.165, 1.54) is 218 Å². The number of allylic oxidation sites excluding steroid dienone is 4. The Hall–Kier alpha value is -2.23. The second kappa shape index (κ2) is 54.0. The number of carboxylic acid groups (broad SMARTS) is 1. The van der Waals surface area contributed by atoms with Gasteiger partial charge in [-0.3, -0.25) is 9.59 Å². The molecular formula is C62H117NO8. The standard InChI is InChI=1S/C62H117NO8/c1-6-8-10-12-14-16-18-20-22-24-26-28-30-32-34-36-38-40-42-44-46-48-50-52-59(64)69-56-58(57-70-62(61(66)67)68-55-54-63(3,4)5)71-60(65)53-51-49-47-45-43-41-39-37-35-33-31-29-27-25-23-21-19-17-15-13-11-9-7-2/h19,21,25,27,58,62H,6-18,20,22-24,26,28-57H2,1-5H3/b21-19-,27-25-. The van der Waals surface area contributed by atoms with Gasteiger partial charge in [-0.05, 0) is 44.9 Å². The van der Waals surface area contributed by atoms with Gasteiger partial charge in [-0.1, -0.05) is 263 Å². The average Bonchev–Trinajstić information content (AvgIpc) is 3.34. The van der Waals surface area contributed by atoms with Gasteiger partial charge in [-0.15, -0.1) is 0 Å². The molecule has 0 N–H and O–H groups in total. The molecule has 0 spiro atoms. The van der Waals surface area contributed by atoms with Crippen LogP contribution in [0.2, 0.25) is 0 Å². The summed E-state index contributed by atoms with van der Waals surface area (Å²) < 4.78 is 22.7. The van der Waals surface area contributed by atoms with E-state index >= 15 is 0 Å². The number of hydrogen-bond acceptors (Lipinski definition) is 8. The van der Waals surface area contributed by atoms with Crippen LogP contribution in [0.4, 0.5) is 0 Å². The van der Waals surface area contributed by atoms with Gasteiger partial charge in [-0.25, -0.2) is 0 Å². The minimum Gasteiger partial charge on any atom is -0.545 e. The fourth-order valence-electron chi connectivity index (χ4n) is 8.98. The maximum atomic E-state index is 12.9. The third kappa shape index (κ3) is 55.4. The maximum Gasteiger partial charge on any atom is 0.306 e. The normalized spacial score (nSPS) is 12.9. The first kappa shape index (κ1) is 68.8. The Labute approximate surface area is 439 Å². The molecule has 0 fully saturated rings. The molecule has 0 amide bonds. The van der Waals surface area contributed by atoms with E-state index in [1.54, 1.807) is 0 Å². The summed E-state index contributed by atoms with van der Waals surface area (Å²) in [6.45, 7) is 4.79. The van der Waals surface area contributed by atoms with E-state index < -0.39 is 24.3 Å². The van der Waals surface area contributed by atoms with Gasteiger partial charge in [-0.2, -0.15) is 0 Å². The second-order valence-electron chi connectivity index (χ2n) is 22.0. The number of hydrogen-bond donors (Lipinski definition) is 0. The van der Waals surface area contributed by atoms with Crippen LogP contribution in [-0.4, -0.2) is 82.3 Å². The quantitative estimate of drug-likeness (QED) is 0.0195. The SMILES string of the molecule is CCCCCCC/C=C\C/C=C\CCCCCCCCCCCCCC(=O)OC(COC(=O)CCCCCCCCCCCCCCCCCCCCCCCCC)COC(OCC[N+](C)(C)C)C(=O)[O-]. The molecule has 71 heavy (non-hydrogen) atoms. The molecular weight excluding hydrogens is 887 g/mol. The monoisotopic (exact) mass is 1000 g/mol. The molecule has 0 heterocycles. The van der Waals surface area contributed by atoms with E-state index in [9.17, 15) is 19.5 Å². The summed E-state index contributed by atoms with van der Waals surface area (Å²) in [5.41, 5.74) is 0. The Morgan fingerprint density at radius 3 is 1.11 bits per heavy atom. The Morgan fingerprint density at radius 1 is 0.423 bits per heavy atom. The van der Waals surface area contributed by atoms with Gasteiger partial charge >= 0.3 is 11.9 Å². The summed E-state index contributed by atoms with van der Waals surface area (Å²) in [5.74, 6) is -2.26. The molecule has 0 aliphatic carbocycles. The number of carbonyl (C=O) groups excluding carboxylic acids is 3. The average molecular weight is 1000 g/mol. The number of quaternary nitrogens is 1. The number of unbranched alkanes of at least 4 members (excludes halogenated alkanes) is 38. The molecule has 9 nitrogen and oxygen atoms in total. The van der Waals surface area contributed by atoms with Crippen molar-refractivity contribution in [2.75, 3.05) is 47.5 Å². The molecule has 9 heteroatoms. The lowest BCUT2D eigenvalue weighted by molar-refractivity contribution is -0.870. The summed E-state index contributed by atoms with van der Waals surface area (Å²) in [6, 6.07) is 0. The molecule has 0 radical (unpaired) electrons. The van der Waals surface area contributed by atoms with Crippen molar-refractivity contribution in [3.8, 4) is 0 Å². The minimum atomic E-state index is -1.62. The molecule has 0 bridgehead atoms. The summed E-state index contributed by atoms with van der Waals surface area (Å²) in [7, 11) is 5.93. The molecule has 0 aromatic rings. The van der Waals surface area contributed by atoms with E-state index in [-0.39, 0.29) is 32.2 Å². The summed E-state index contributed by atoms with van der Waals surface area (Å²) in [4.78, 5) is 37.3. The van der Waals surface area contributed by atoms with Gasteiger partial charge < -0.3 is 33.3 Å². The second-order valence-corrected chi connectivity index (χ2v) is 22.0. The van der Waals surface area contributed by atoms with Gasteiger partial charge in [0.15, 0.2) is 12.4 Å². The summed E-state index contributed by atoms with van der Waals surface area (Å²) in [5, 5.41) is 11.8. The Bertz CT molecular complexity index is 1210. The highest BCUT2D eigenvalue weighted by atomic mass is 16.7. The van der Waals surface area contributed by atoms with Gasteiger partial charge in [0.05, 0.1) is 40.3 Å². The van der Waals surface area contributed by atoms with Gasteiger partial charge in [0, 0.05) is 12.8 Å². The molecule has 0 saturated heterocycles. The highest BCUT2D eigenvalue weighted by Gasteiger charge is 2.22. The summed E-state index contributed by atoms with van der Waals surface area (Å²) in [6.07, 6.45) is 60.8. The van der Waals surface area contributed by atoms with Crippen LogP contribution >= 0.6 is 0 Å². The first-order valence-electron chi connectivity index (χ1n) is 30.5. The van der Waals surface area contributed by atoms with Crippen LogP contribution in [-0.2, 0) is 33.3 Å². The highest BCUT2D eigenvalue weighted by Crippen LogP contribution is 2.17. The largest absolute Gasteiger partial charge is 0.545 e. The van der Waals surface area contributed by atoms with Gasteiger partial charge in [0.2, 0.25) is 0 Å². The van der Waals surface area contributed by atoms with Crippen LogP contribution in [0.1, 0.15) is 296 Å². The van der Waals surface area contributed by atoms with Crippen LogP contribution in [0.25, 0.3) is 0 Å². The van der Waals surface area contributed by atoms with Crippen LogP contribution in [0.5, 0.6) is 0 Å². The molecule has 0 aromatic heterocycles. The van der Waals surface area contributed by atoms with E-state index in [4.69, 9.17) is 18.9 Å².